The quantitative estimate of drug-likeness (QED) is 0.177. The molecule has 0 unspecified atom stereocenters. The molecule has 1 aromatic heterocycles. The van der Waals surface area contributed by atoms with Crippen LogP contribution in [-0.4, -0.2) is 4.57 Å². The molecule has 1 aliphatic carbocycles. The molecule has 8 aromatic rings. The van der Waals surface area contributed by atoms with Crippen LogP contribution in [0.4, 0.5) is 5.69 Å². The number of nitrogens with zero attached hydrogens (tertiary/aromatic N) is 2. The molecular formula is C53H38N2. The Bertz CT molecular complexity index is 2920. The van der Waals surface area contributed by atoms with Gasteiger partial charge in [0.2, 0.25) is 0 Å². The Hall–Kier alpha value is -7.16. The van der Waals surface area contributed by atoms with Crippen LogP contribution in [0, 0.1) is 0 Å². The lowest BCUT2D eigenvalue weighted by Crippen LogP contribution is -2.14. The zero-order chi connectivity index (χ0) is 36.9. The van der Waals surface area contributed by atoms with Crippen LogP contribution in [0.1, 0.15) is 27.8 Å². The van der Waals surface area contributed by atoms with Crippen molar-refractivity contribution in [2.24, 2.45) is 0 Å². The van der Waals surface area contributed by atoms with Gasteiger partial charge >= 0.3 is 0 Å². The van der Waals surface area contributed by atoms with Crippen LogP contribution in [0.3, 0.4) is 0 Å². The van der Waals surface area contributed by atoms with E-state index in [-0.39, 0.29) is 0 Å². The van der Waals surface area contributed by atoms with Gasteiger partial charge in [-0.1, -0.05) is 147 Å². The van der Waals surface area contributed by atoms with E-state index in [1.807, 2.05) is 12.2 Å². The molecule has 55 heavy (non-hydrogen) atoms. The number of aromatic nitrogens is 1. The van der Waals surface area contributed by atoms with Crippen molar-refractivity contribution in [3.05, 3.63) is 241 Å². The number of para-hydroxylation sites is 2. The maximum atomic E-state index is 4.53. The van der Waals surface area contributed by atoms with Gasteiger partial charge in [-0.15, -0.1) is 0 Å². The summed E-state index contributed by atoms with van der Waals surface area (Å²) in [5.41, 5.74) is 18.7. The number of hydrogen-bond donors (Lipinski definition) is 0. The first kappa shape index (κ1) is 32.5. The lowest BCUT2D eigenvalue weighted by Gasteiger charge is -2.28. The second-order valence-corrected chi connectivity index (χ2v) is 14.4. The van der Waals surface area contributed by atoms with Crippen LogP contribution in [0.25, 0.3) is 60.9 Å². The fraction of sp³-hybridized carbons (Fsp3) is 0.0189. The molecule has 0 spiro atoms. The van der Waals surface area contributed by atoms with E-state index in [9.17, 15) is 0 Å². The minimum Gasteiger partial charge on any atom is -0.323 e. The van der Waals surface area contributed by atoms with Crippen LogP contribution in [0.2, 0.25) is 0 Å². The molecular weight excluding hydrogens is 665 g/mol. The summed E-state index contributed by atoms with van der Waals surface area (Å²) < 4.78 is 2.41. The second-order valence-electron chi connectivity index (χ2n) is 14.4. The maximum Gasteiger partial charge on any atom is 0.0541 e. The molecule has 0 amide bonds. The lowest BCUT2D eigenvalue weighted by molar-refractivity contribution is 1.13. The SMILES string of the molecule is C=C1/C=C\C=C/N(c2ccccc2)/C=C2/c3ccc(-c4cccc(-n5c6ccccc6c6cc(-c7ccccc7)ccc65)c4)cc3Cc3cccc(c32)C1=C. The number of anilines is 1. The Balaban J connectivity index is 1.10. The van der Waals surface area contributed by atoms with E-state index in [0.717, 1.165) is 34.5 Å². The van der Waals surface area contributed by atoms with E-state index in [4.69, 9.17) is 0 Å². The molecule has 0 saturated carbocycles. The normalized spacial score (nSPS) is 15.9. The molecule has 2 nitrogen and oxygen atoms in total. The largest absolute Gasteiger partial charge is 0.323 e. The zero-order valence-electron chi connectivity index (χ0n) is 30.5. The van der Waals surface area contributed by atoms with Crippen LogP contribution in [0.5, 0.6) is 0 Å². The first-order valence-electron chi connectivity index (χ1n) is 18.8. The highest BCUT2D eigenvalue weighted by molar-refractivity contribution is 6.10. The van der Waals surface area contributed by atoms with Gasteiger partial charge in [0.05, 0.1) is 11.0 Å². The number of benzene rings is 7. The summed E-state index contributed by atoms with van der Waals surface area (Å²) in [4.78, 5) is 2.22. The molecule has 0 N–H and O–H groups in total. The van der Waals surface area contributed by atoms with E-state index in [0.29, 0.717) is 0 Å². The summed E-state index contributed by atoms with van der Waals surface area (Å²) in [5.74, 6) is 0. The van der Waals surface area contributed by atoms with Crippen molar-refractivity contribution in [1.29, 1.82) is 0 Å². The topological polar surface area (TPSA) is 8.17 Å². The van der Waals surface area contributed by atoms with Gasteiger partial charge in [0.25, 0.3) is 0 Å². The van der Waals surface area contributed by atoms with E-state index in [1.165, 1.54) is 71.9 Å². The first-order valence-corrected chi connectivity index (χ1v) is 18.8. The highest BCUT2D eigenvalue weighted by Gasteiger charge is 2.26. The number of allylic oxidation sites excluding steroid dienone is 5. The van der Waals surface area contributed by atoms with Gasteiger partial charge in [-0.2, -0.15) is 0 Å². The van der Waals surface area contributed by atoms with Crippen molar-refractivity contribution in [3.8, 4) is 27.9 Å². The highest BCUT2D eigenvalue weighted by Crippen LogP contribution is 2.43. The van der Waals surface area contributed by atoms with E-state index in [2.05, 4.69) is 205 Å². The van der Waals surface area contributed by atoms with Gasteiger partial charge in [0, 0.05) is 40.1 Å². The maximum absolute atomic E-state index is 4.53. The fourth-order valence-electron chi connectivity index (χ4n) is 8.39. The predicted octanol–water partition coefficient (Wildman–Crippen LogP) is 13.6. The summed E-state index contributed by atoms with van der Waals surface area (Å²) in [6.45, 7) is 8.91. The second kappa shape index (κ2) is 13.4. The lowest BCUT2D eigenvalue weighted by atomic mass is 9.77. The third-order valence-electron chi connectivity index (χ3n) is 11.1. The van der Waals surface area contributed by atoms with Crippen molar-refractivity contribution < 1.29 is 0 Å². The molecule has 0 saturated heterocycles. The Morgan fingerprint density at radius 2 is 1.16 bits per heavy atom. The summed E-state index contributed by atoms with van der Waals surface area (Å²) in [6.07, 6.45) is 11.4. The summed E-state index contributed by atoms with van der Waals surface area (Å²) >= 11 is 0. The van der Waals surface area contributed by atoms with Crippen molar-refractivity contribution in [2.45, 2.75) is 6.42 Å². The van der Waals surface area contributed by atoms with Gasteiger partial charge in [-0.25, -0.2) is 0 Å². The molecule has 7 aromatic carbocycles. The monoisotopic (exact) mass is 702 g/mol. The van der Waals surface area contributed by atoms with E-state index >= 15 is 0 Å². The Morgan fingerprint density at radius 3 is 2.04 bits per heavy atom. The van der Waals surface area contributed by atoms with Gasteiger partial charge in [0.1, 0.15) is 0 Å². The molecule has 2 heterocycles. The summed E-state index contributed by atoms with van der Waals surface area (Å²) in [5, 5.41) is 2.51. The molecule has 10 rings (SSSR count). The molecule has 2 aliphatic rings. The number of fused-ring (bicyclic) bond motifs is 5. The Labute approximate surface area is 322 Å². The molecule has 0 atom stereocenters. The van der Waals surface area contributed by atoms with E-state index in [1.54, 1.807) is 0 Å². The van der Waals surface area contributed by atoms with Gasteiger partial charge in [-0.3, -0.25) is 0 Å². The van der Waals surface area contributed by atoms with Crippen molar-refractivity contribution in [1.82, 2.24) is 4.57 Å². The fourth-order valence-corrected chi connectivity index (χ4v) is 8.39. The minimum absolute atomic E-state index is 0.830. The molecule has 260 valence electrons. The average Bonchev–Trinajstić information content (AvgIpc) is 3.57. The van der Waals surface area contributed by atoms with Crippen LogP contribution >= 0.6 is 0 Å². The zero-order valence-corrected chi connectivity index (χ0v) is 30.5. The molecule has 0 radical (unpaired) electrons. The number of hydrogen-bond acceptors (Lipinski definition) is 1. The molecule has 2 heteroatoms. The minimum atomic E-state index is 0.830. The third-order valence-corrected chi connectivity index (χ3v) is 11.1. The molecule has 0 fully saturated rings. The number of rotatable bonds is 4. The van der Waals surface area contributed by atoms with Gasteiger partial charge in [0.15, 0.2) is 0 Å². The van der Waals surface area contributed by atoms with Gasteiger partial charge < -0.3 is 9.47 Å². The average molecular weight is 703 g/mol. The highest BCUT2D eigenvalue weighted by atomic mass is 15.1. The van der Waals surface area contributed by atoms with Gasteiger partial charge in [-0.05, 0) is 116 Å². The summed E-state index contributed by atoms with van der Waals surface area (Å²) in [6, 6.07) is 59.4. The smallest absolute Gasteiger partial charge is 0.0541 e. The molecule has 0 bridgehead atoms. The van der Waals surface area contributed by atoms with Crippen molar-refractivity contribution >= 4 is 38.6 Å². The Morgan fingerprint density at radius 1 is 0.473 bits per heavy atom. The van der Waals surface area contributed by atoms with Crippen LogP contribution in [-0.2, 0) is 6.42 Å². The molecule has 1 aliphatic heterocycles. The van der Waals surface area contributed by atoms with E-state index < -0.39 is 0 Å². The van der Waals surface area contributed by atoms with Crippen LogP contribution in [0.15, 0.2) is 213 Å². The summed E-state index contributed by atoms with van der Waals surface area (Å²) in [7, 11) is 0. The first-order chi connectivity index (χ1) is 27.1. The predicted molar refractivity (Wildman–Crippen MR) is 233 cm³/mol. The van der Waals surface area contributed by atoms with Crippen LogP contribution < -0.4 is 4.90 Å². The Kier molecular flexibility index (Phi) is 7.89. The standard InChI is InChI=1S/C53H38N2/c1-36-15-11-12-30-54(44-20-7-4-8-21-44)35-50-47-28-26-40(31-43(47)32-42-19-14-24-46(37(36)2)53(42)50)39-18-13-22-45(33-39)55-51-25-10-9-23-48(51)49-34-41(27-29-52(49)55)38-16-5-3-6-17-38/h3-31,33-35H,1-2,32H2/b15-11-,30-12-,50-35-. The van der Waals surface area contributed by atoms with Crippen molar-refractivity contribution in [3.63, 3.8) is 0 Å². The third kappa shape index (κ3) is 5.67. The van der Waals surface area contributed by atoms with Crippen molar-refractivity contribution in [2.75, 3.05) is 4.90 Å².